The molecule has 1 aromatic rings. The van der Waals surface area contributed by atoms with Crippen LogP contribution < -0.4 is 15.2 Å². The number of nitrogens with two attached hydrogens (primary N) is 1. The van der Waals surface area contributed by atoms with Crippen LogP contribution in [-0.2, 0) is 34.9 Å². The van der Waals surface area contributed by atoms with Gasteiger partial charge in [0.2, 0.25) is 0 Å². The summed E-state index contributed by atoms with van der Waals surface area (Å²) in [5.41, 5.74) is 6.50. The van der Waals surface area contributed by atoms with E-state index in [-0.39, 0.29) is 36.7 Å². The molecule has 0 spiro atoms. The second kappa shape index (κ2) is 17.1. The van der Waals surface area contributed by atoms with E-state index in [4.69, 9.17) is 38.9 Å². The Labute approximate surface area is 229 Å². The first-order valence-electron chi connectivity index (χ1n) is 13.1. The number of benzene rings is 1. The van der Waals surface area contributed by atoms with Crippen LogP contribution in [0.3, 0.4) is 0 Å². The van der Waals surface area contributed by atoms with Gasteiger partial charge in [0, 0.05) is 0 Å². The molecule has 0 radical (unpaired) electrons. The molecule has 0 amide bonds. The molecule has 0 bridgehead atoms. The van der Waals surface area contributed by atoms with E-state index in [9.17, 15) is 19.2 Å². The number of carbonyl (C=O) groups excluding carboxylic acids is 4. The monoisotopic (exact) mass is 555 g/mol. The van der Waals surface area contributed by atoms with E-state index in [0.29, 0.717) is 24.8 Å². The molecule has 5 atom stereocenters. The van der Waals surface area contributed by atoms with E-state index in [0.717, 1.165) is 0 Å². The molecule has 39 heavy (non-hydrogen) atoms. The van der Waals surface area contributed by atoms with Gasteiger partial charge < -0.3 is 38.9 Å². The van der Waals surface area contributed by atoms with Crippen molar-refractivity contribution in [1.82, 2.24) is 0 Å². The van der Waals surface area contributed by atoms with Crippen LogP contribution in [0.1, 0.15) is 73.3 Å². The van der Waals surface area contributed by atoms with E-state index >= 15 is 0 Å². The van der Waals surface area contributed by atoms with Crippen molar-refractivity contribution in [2.24, 2.45) is 5.73 Å². The molecule has 0 aliphatic rings. The molecule has 1 aromatic carbocycles. The van der Waals surface area contributed by atoms with Gasteiger partial charge in [-0.05, 0) is 71.1 Å². The normalized spacial score (nSPS) is 14.6. The average molecular weight is 556 g/mol. The van der Waals surface area contributed by atoms with Crippen LogP contribution in [0.4, 0.5) is 14.4 Å². The third-order valence-electron chi connectivity index (χ3n) is 5.52. The zero-order valence-corrected chi connectivity index (χ0v) is 23.7. The number of hydrogen-bond donors (Lipinski definition) is 1. The van der Waals surface area contributed by atoms with Crippen LogP contribution in [0, 0.1) is 0 Å². The molecule has 0 saturated heterocycles. The van der Waals surface area contributed by atoms with Crippen molar-refractivity contribution in [3.05, 3.63) is 23.8 Å². The van der Waals surface area contributed by atoms with Gasteiger partial charge >= 0.3 is 24.4 Å². The van der Waals surface area contributed by atoms with E-state index in [1.807, 2.05) is 20.8 Å². The minimum absolute atomic E-state index is 0.00314. The summed E-state index contributed by atoms with van der Waals surface area (Å²) in [6, 6.07) is 3.23. The lowest BCUT2D eigenvalue weighted by molar-refractivity contribution is -0.152. The van der Waals surface area contributed by atoms with Crippen molar-refractivity contribution in [3.8, 4) is 11.5 Å². The fourth-order valence-electron chi connectivity index (χ4n) is 2.69. The first-order valence-corrected chi connectivity index (χ1v) is 13.1. The molecule has 12 nitrogen and oxygen atoms in total. The molecule has 0 aromatic heterocycles. The summed E-state index contributed by atoms with van der Waals surface area (Å²) in [4.78, 5) is 48.5. The molecule has 0 fully saturated rings. The topological polar surface area (TPSA) is 159 Å². The molecule has 0 heterocycles. The van der Waals surface area contributed by atoms with Gasteiger partial charge in [-0.25, -0.2) is 14.4 Å². The molecule has 3 unspecified atom stereocenters. The Morgan fingerprint density at radius 1 is 0.692 bits per heavy atom. The second-order valence-corrected chi connectivity index (χ2v) is 9.11. The van der Waals surface area contributed by atoms with Gasteiger partial charge in [0.25, 0.3) is 0 Å². The van der Waals surface area contributed by atoms with E-state index in [1.54, 1.807) is 33.8 Å². The van der Waals surface area contributed by atoms with Crippen molar-refractivity contribution in [3.63, 3.8) is 0 Å². The Balaban J connectivity index is 2.87. The second-order valence-electron chi connectivity index (χ2n) is 9.11. The van der Waals surface area contributed by atoms with Crippen LogP contribution in [0.2, 0.25) is 0 Å². The molecule has 0 aliphatic carbocycles. The minimum Gasteiger partial charge on any atom is -0.458 e. The first kappa shape index (κ1) is 33.5. The van der Waals surface area contributed by atoms with Crippen molar-refractivity contribution < 1.29 is 52.3 Å². The standard InChI is InChI=1S/C27H41NO11/c1-8-16(4)35-25(30)33-15-19(7)34-24(29)21(28)13-20-11-12-22(38-26(31)36-17(5)9-2)23(14-20)39-27(32)37-18(6)10-3/h11-12,14,16-19,21H,8-10,13,15,28H2,1-7H3/t16?,17?,18?,19-,21-/m0/s1. The number of hydrogen-bond acceptors (Lipinski definition) is 12. The van der Waals surface area contributed by atoms with Crippen LogP contribution in [0.15, 0.2) is 18.2 Å². The zero-order chi connectivity index (χ0) is 29.5. The van der Waals surface area contributed by atoms with Gasteiger partial charge in [0.15, 0.2) is 11.5 Å². The highest BCUT2D eigenvalue weighted by atomic mass is 16.8. The van der Waals surface area contributed by atoms with Gasteiger partial charge in [-0.2, -0.15) is 0 Å². The van der Waals surface area contributed by atoms with Crippen molar-refractivity contribution >= 4 is 24.4 Å². The number of esters is 1. The number of rotatable bonds is 14. The SMILES string of the molecule is CCC(C)OC(=O)OC[C@H](C)OC(=O)[C@@H](N)Cc1ccc(OC(=O)OC(C)CC)c(OC(=O)OC(C)CC)c1. The minimum atomic E-state index is -1.10. The molecule has 220 valence electrons. The summed E-state index contributed by atoms with van der Waals surface area (Å²) < 4.78 is 35.9. The summed E-state index contributed by atoms with van der Waals surface area (Å²) in [5, 5.41) is 0. The Bertz CT molecular complexity index is 952. The maximum atomic E-state index is 12.5. The Morgan fingerprint density at radius 3 is 1.69 bits per heavy atom. The third kappa shape index (κ3) is 13.2. The molecule has 0 saturated carbocycles. The highest BCUT2D eigenvalue weighted by Crippen LogP contribution is 2.30. The smallest absolute Gasteiger partial charge is 0.458 e. The predicted molar refractivity (Wildman–Crippen MR) is 140 cm³/mol. The maximum absolute atomic E-state index is 12.5. The summed E-state index contributed by atoms with van der Waals surface area (Å²) in [5.74, 6) is -0.944. The van der Waals surface area contributed by atoms with E-state index in [2.05, 4.69) is 0 Å². The maximum Gasteiger partial charge on any atom is 0.514 e. The first-order chi connectivity index (χ1) is 18.4. The lowest BCUT2D eigenvalue weighted by Gasteiger charge is -2.18. The number of carbonyl (C=O) groups is 4. The third-order valence-corrected chi connectivity index (χ3v) is 5.52. The Morgan fingerprint density at radius 2 is 1.18 bits per heavy atom. The fraction of sp³-hybridized carbons (Fsp3) is 0.630. The highest BCUT2D eigenvalue weighted by Gasteiger charge is 2.23. The summed E-state index contributed by atoms with van der Waals surface area (Å²) in [6.45, 7) is 12.0. The van der Waals surface area contributed by atoms with Crippen molar-refractivity contribution in [2.75, 3.05) is 6.61 Å². The van der Waals surface area contributed by atoms with Crippen LogP contribution in [0.5, 0.6) is 11.5 Å². The van der Waals surface area contributed by atoms with Gasteiger partial charge in [-0.3, -0.25) is 4.79 Å². The molecular formula is C27H41NO11. The molecule has 0 aliphatic heterocycles. The van der Waals surface area contributed by atoms with Gasteiger partial charge in [0.1, 0.15) is 37.1 Å². The quantitative estimate of drug-likeness (QED) is 0.185. The molecular weight excluding hydrogens is 514 g/mol. The van der Waals surface area contributed by atoms with E-state index < -0.39 is 42.7 Å². The highest BCUT2D eigenvalue weighted by molar-refractivity contribution is 5.76. The van der Waals surface area contributed by atoms with Gasteiger partial charge in [-0.15, -0.1) is 0 Å². The summed E-state index contributed by atoms with van der Waals surface area (Å²) in [7, 11) is 0. The average Bonchev–Trinajstić information content (AvgIpc) is 2.88. The lowest BCUT2D eigenvalue weighted by atomic mass is 10.1. The lowest BCUT2D eigenvalue weighted by Crippen LogP contribution is -2.37. The fourth-order valence-corrected chi connectivity index (χ4v) is 2.69. The summed E-state index contributed by atoms with van der Waals surface area (Å²) in [6.07, 6.45) is -2.87. The van der Waals surface area contributed by atoms with Gasteiger partial charge in [-0.1, -0.05) is 26.8 Å². The summed E-state index contributed by atoms with van der Waals surface area (Å²) >= 11 is 0. The zero-order valence-electron chi connectivity index (χ0n) is 23.7. The Kier molecular flexibility index (Phi) is 14.7. The van der Waals surface area contributed by atoms with Crippen LogP contribution in [-0.4, -0.2) is 61.5 Å². The number of ether oxygens (including phenoxy) is 7. The molecule has 12 heteroatoms. The Hall–Kier alpha value is -3.54. The van der Waals surface area contributed by atoms with Crippen LogP contribution in [0.25, 0.3) is 0 Å². The van der Waals surface area contributed by atoms with Gasteiger partial charge in [0.05, 0.1) is 0 Å². The predicted octanol–water partition coefficient (Wildman–Crippen LogP) is 5.07. The molecule has 2 N–H and O–H groups in total. The largest absolute Gasteiger partial charge is 0.514 e. The van der Waals surface area contributed by atoms with E-state index in [1.165, 1.54) is 12.1 Å². The van der Waals surface area contributed by atoms with Crippen LogP contribution >= 0.6 is 0 Å². The molecule has 1 rings (SSSR count). The van der Waals surface area contributed by atoms with Crippen molar-refractivity contribution in [2.45, 2.75) is 105 Å². The van der Waals surface area contributed by atoms with Crippen molar-refractivity contribution in [1.29, 1.82) is 0 Å².